The summed E-state index contributed by atoms with van der Waals surface area (Å²) in [6.07, 6.45) is 11.0. The first kappa shape index (κ1) is 29.2. The molecule has 4 unspecified atom stereocenters. The van der Waals surface area contributed by atoms with E-state index in [-0.39, 0.29) is 57.7 Å². The third-order valence-electron chi connectivity index (χ3n) is 6.83. The van der Waals surface area contributed by atoms with Gasteiger partial charge in [0, 0.05) is 38.2 Å². The molecule has 0 amide bonds. The van der Waals surface area contributed by atoms with E-state index in [1.54, 1.807) is 21.1 Å². The van der Waals surface area contributed by atoms with E-state index in [0.29, 0.717) is 24.2 Å². The lowest BCUT2D eigenvalue weighted by atomic mass is 9.85. The van der Waals surface area contributed by atoms with Crippen molar-refractivity contribution in [3.05, 3.63) is 63.6 Å². The number of hydrogen-bond acceptors (Lipinski definition) is 7. The number of phenols is 2. The minimum Gasteiger partial charge on any atom is -0.507 e. The van der Waals surface area contributed by atoms with Crippen molar-refractivity contribution in [2.24, 2.45) is 11.8 Å². The zero-order valence-corrected chi connectivity index (χ0v) is 22.6. The second-order valence-corrected chi connectivity index (χ2v) is 9.18. The van der Waals surface area contributed by atoms with Crippen LogP contribution in [0.5, 0.6) is 17.2 Å². The summed E-state index contributed by atoms with van der Waals surface area (Å²) >= 11 is 0. The average molecular weight is 501 g/mol. The van der Waals surface area contributed by atoms with Crippen molar-refractivity contribution in [2.75, 3.05) is 21.3 Å². The van der Waals surface area contributed by atoms with Gasteiger partial charge in [0.25, 0.3) is 0 Å². The van der Waals surface area contributed by atoms with E-state index in [2.05, 4.69) is 13.8 Å². The molecule has 7 nitrogen and oxygen atoms in total. The summed E-state index contributed by atoms with van der Waals surface area (Å²) in [7, 11) is 4.74. The molecule has 0 radical (unpaired) electrons. The number of hydrogen-bond donors (Lipinski definition) is 2. The molecule has 198 valence electrons. The van der Waals surface area contributed by atoms with E-state index in [0.717, 1.165) is 0 Å². The molecule has 0 saturated heterocycles. The maximum absolute atomic E-state index is 12.9. The number of benzene rings is 1. The second-order valence-electron chi connectivity index (χ2n) is 9.18. The van der Waals surface area contributed by atoms with Gasteiger partial charge in [0.05, 0.1) is 19.3 Å². The SMILES string of the molecule is C/C=C(C)/C=C/C=C/C(OC)C(C)C(OC)C(C)CCc1oc2c(O)c(OC)cc(O)c2c(=O)c1C. The number of fused-ring (bicyclic) bond motifs is 1. The van der Waals surface area contributed by atoms with Crippen LogP contribution in [0.3, 0.4) is 0 Å². The van der Waals surface area contributed by atoms with Crippen LogP contribution in [-0.4, -0.2) is 43.8 Å². The Balaban J connectivity index is 2.24. The van der Waals surface area contributed by atoms with E-state index in [4.69, 9.17) is 18.6 Å². The first-order valence-electron chi connectivity index (χ1n) is 12.2. The minimum absolute atomic E-state index is 0.0361. The van der Waals surface area contributed by atoms with Crippen LogP contribution >= 0.6 is 0 Å². The molecule has 1 heterocycles. The monoisotopic (exact) mass is 500 g/mol. The van der Waals surface area contributed by atoms with Crippen molar-refractivity contribution >= 4 is 11.0 Å². The number of methoxy groups -OCH3 is 3. The average Bonchev–Trinajstić information content (AvgIpc) is 2.86. The van der Waals surface area contributed by atoms with Crippen molar-refractivity contribution in [3.8, 4) is 17.2 Å². The Morgan fingerprint density at radius 3 is 2.42 bits per heavy atom. The Morgan fingerprint density at radius 2 is 1.83 bits per heavy atom. The van der Waals surface area contributed by atoms with Gasteiger partial charge in [-0.2, -0.15) is 0 Å². The van der Waals surface area contributed by atoms with E-state index in [9.17, 15) is 15.0 Å². The van der Waals surface area contributed by atoms with Crippen molar-refractivity contribution in [1.29, 1.82) is 0 Å². The molecule has 4 atom stereocenters. The van der Waals surface area contributed by atoms with Gasteiger partial charge < -0.3 is 28.8 Å². The first-order valence-corrected chi connectivity index (χ1v) is 12.2. The summed E-state index contributed by atoms with van der Waals surface area (Å²) in [5.74, 6) is 0.0704. The summed E-state index contributed by atoms with van der Waals surface area (Å²) in [6, 6.07) is 1.21. The zero-order chi connectivity index (χ0) is 27.0. The van der Waals surface area contributed by atoms with Gasteiger partial charge in [-0.1, -0.05) is 49.8 Å². The highest BCUT2D eigenvalue weighted by Crippen LogP contribution is 2.39. The Hall–Kier alpha value is -3.03. The maximum Gasteiger partial charge on any atom is 0.202 e. The number of allylic oxidation sites excluding steroid dienone is 5. The summed E-state index contributed by atoms with van der Waals surface area (Å²) in [5, 5.41) is 20.7. The summed E-state index contributed by atoms with van der Waals surface area (Å²) < 4.78 is 22.6. The van der Waals surface area contributed by atoms with Crippen molar-refractivity contribution < 1.29 is 28.8 Å². The molecule has 2 aromatic rings. The van der Waals surface area contributed by atoms with Crippen molar-refractivity contribution in [1.82, 2.24) is 0 Å². The zero-order valence-electron chi connectivity index (χ0n) is 22.6. The standard InChI is InChI=1S/C29H40O7/c1-9-17(2)12-10-11-13-22(33-6)20(5)28(35-8)18(3)14-15-23-19(4)26(31)25-21(30)16-24(34-7)27(32)29(25)36-23/h9-13,16,18,20,22,28,30,32H,14-15H2,1-8H3/b12-10+,13-11+,17-9+. The molecule has 7 heteroatoms. The number of ether oxygens (including phenoxy) is 3. The number of aromatic hydroxyl groups is 2. The quantitative estimate of drug-likeness (QED) is 0.279. The van der Waals surface area contributed by atoms with Crippen LogP contribution < -0.4 is 10.2 Å². The van der Waals surface area contributed by atoms with Crippen molar-refractivity contribution in [3.63, 3.8) is 0 Å². The predicted octanol–water partition coefficient (Wildman–Crippen LogP) is 5.83. The van der Waals surface area contributed by atoms with Gasteiger partial charge in [0.15, 0.2) is 16.8 Å². The molecular formula is C29H40O7. The second kappa shape index (κ2) is 13.3. The molecule has 0 spiro atoms. The van der Waals surface area contributed by atoms with Crippen LogP contribution in [0.2, 0.25) is 0 Å². The minimum atomic E-state index is -0.378. The van der Waals surface area contributed by atoms with Crippen molar-refractivity contribution in [2.45, 2.75) is 59.7 Å². The molecule has 0 aliphatic rings. The third kappa shape index (κ3) is 6.59. The van der Waals surface area contributed by atoms with Gasteiger partial charge in [0.2, 0.25) is 5.75 Å². The molecule has 2 N–H and O–H groups in total. The first-order chi connectivity index (χ1) is 17.1. The highest BCUT2D eigenvalue weighted by molar-refractivity contribution is 5.90. The van der Waals surface area contributed by atoms with Crippen LogP contribution in [0.1, 0.15) is 45.4 Å². The van der Waals surface area contributed by atoms with E-state index in [1.165, 1.54) is 18.7 Å². The Labute approximate surface area is 213 Å². The Kier molecular flexibility index (Phi) is 10.8. The lowest BCUT2D eigenvalue weighted by Gasteiger charge is -2.32. The summed E-state index contributed by atoms with van der Waals surface area (Å²) in [4.78, 5) is 12.9. The molecule has 0 saturated carbocycles. The van der Waals surface area contributed by atoms with Gasteiger partial charge in [0.1, 0.15) is 16.9 Å². The smallest absolute Gasteiger partial charge is 0.202 e. The molecule has 2 rings (SSSR count). The van der Waals surface area contributed by atoms with Gasteiger partial charge in [-0.15, -0.1) is 0 Å². The van der Waals surface area contributed by atoms with Gasteiger partial charge in [-0.3, -0.25) is 4.79 Å². The number of aryl methyl sites for hydroxylation is 1. The van der Waals surface area contributed by atoms with Crippen LogP contribution in [-0.2, 0) is 15.9 Å². The van der Waals surface area contributed by atoms with Crippen LogP contribution in [0.25, 0.3) is 11.0 Å². The molecular weight excluding hydrogens is 460 g/mol. The Morgan fingerprint density at radius 1 is 1.14 bits per heavy atom. The van der Waals surface area contributed by atoms with E-state index >= 15 is 0 Å². The fraction of sp³-hybridized carbons (Fsp3) is 0.483. The van der Waals surface area contributed by atoms with Crippen LogP contribution in [0, 0.1) is 18.8 Å². The lowest BCUT2D eigenvalue weighted by molar-refractivity contribution is -0.0343. The topological polar surface area (TPSA) is 98.4 Å². The summed E-state index contributed by atoms with van der Waals surface area (Å²) in [6.45, 7) is 9.90. The van der Waals surface area contributed by atoms with Gasteiger partial charge in [-0.05, 0) is 33.1 Å². The largest absolute Gasteiger partial charge is 0.507 e. The third-order valence-corrected chi connectivity index (χ3v) is 6.83. The molecule has 0 bridgehead atoms. The van der Waals surface area contributed by atoms with Gasteiger partial charge >= 0.3 is 0 Å². The summed E-state index contributed by atoms with van der Waals surface area (Å²) in [5.41, 5.74) is 1.13. The fourth-order valence-corrected chi connectivity index (χ4v) is 4.46. The van der Waals surface area contributed by atoms with Crippen LogP contribution in [0.15, 0.2) is 51.2 Å². The van der Waals surface area contributed by atoms with Crippen LogP contribution in [0.4, 0.5) is 0 Å². The number of phenolic OH excluding ortho intramolecular Hbond substituents is 2. The molecule has 1 aromatic carbocycles. The number of rotatable bonds is 12. The normalized spacial score (nSPS) is 16.1. The molecule has 0 aliphatic heterocycles. The van der Waals surface area contributed by atoms with E-state index in [1.807, 2.05) is 44.2 Å². The fourth-order valence-electron chi connectivity index (χ4n) is 4.46. The molecule has 36 heavy (non-hydrogen) atoms. The van der Waals surface area contributed by atoms with Gasteiger partial charge in [-0.25, -0.2) is 0 Å². The Bertz CT molecular complexity index is 1170. The highest BCUT2D eigenvalue weighted by Gasteiger charge is 2.29. The molecule has 1 aromatic heterocycles. The highest BCUT2D eigenvalue weighted by atomic mass is 16.5. The predicted molar refractivity (Wildman–Crippen MR) is 143 cm³/mol. The maximum atomic E-state index is 12.9. The lowest BCUT2D eigenvalue weighted by Crippen LogP contribution is -2.36. The molecule has 0 fully saturated rings. The van der Waals surface area contributed by atoms with E-state index < -0.39 is 0 Å². The molecule has 0 aliphatic carbocycles.